The average Bonchev–Trinajstić information content (AvgIpc) is 2.48. The van der Waals surface area contributed by atoms with Gasteiger partial charge in [0.15, 0.2) is 0 Å². The van der Waals surface area contributed by atoms with Crippen LogP contribution in [0.25, 0.3) is 0 Å². The molecule has 0 saturated carbocycles. The molecule has 112 valence electrons. The zero-order valence-corrected chi connectivity index (χ0v) is 13.9. The van der Waals surface area contributed by atoms with E-state index in [4.69, 9.17) is 5.26 Å². The normalized spacial score (nSPS) is 10.6. The fourth-order valence-electron chi connectivity index (χ4n) is 2.01. The standard InChI is InChI=1S/C17H16BrN3O/c1-17(2,13-5-7-14(18)8-6-13)21-16(22)20-15-9-3-12(11-19)4-10-15/h3-10H,1-2H3,(H2,20,21,22). The van der Waals surface area contributed by atoms with Crippen molar-refractivity contribution in [3.63, 3.8) is 0 Å². The fraction of sp³-hybridized carbons (Fsp3) is 0.176. The first kappa shape index (κ1) is 16.1. The van der Waals surface area contributed by atoms with E-state index in [-0.39, 0.29) is 6.03 Å². The molecule has 22 heavy (non-hydrogen) atoms. The van der Waals surface area contributed by atoms with Crippen LogP contribution in [-0.2, 0) is 5.54 Å². The summed E-state index contributed by atoms with van der Waals surface area (Å²) in [4.78, 5) is 12.1. The van der Waals surface area contributed by atoms with E-state index in [1.807, 2.05) is 44.2 Å². The third-order valence-corrected chi connectivity index (χ3v) is 3.79. The quantitative estimate of drug-likeness (QED) is 0.855. The second kappa shape index (κ2) is 6.63. The van der Waals surface area contributed by atoms with Crippen LogP contribution < -0.4 is 10.6 Å². The van der Waals surface area contributed by atoms with Gasteiger partial charge in [0.25, 0.3) is 0 Å². The smallest absolute Gasteiger partial charge is 0.319 e. The summed E-state index contributed by atoms with van der Waals surface area (Å²) >= 11 is 3.40. The number of carbonyl (C=O) groups is 1. The lowest BCUT2D eigenvalue weighted by molar-refractivity contribution is 0.242. The number of rotatable bonds is 3. The highest BCUT2D eigenvalue weighted by molar-refractivity contribution is 9.10. The van der Waals surface area contributed by atoms with Crippen molar-refractivity contribution in [2.45, 2.75) is 19.4 Å². The van der Waals surface area contributed by atoms with Gasteiger partial charge in [0.2, 0.25) is 0 Å². The van der Waals surface area contributed by atoms with Crippen LogP contribution in [0.3, 0.4) is 0 Å². The molecule has 0 aliphatic heterocycles. The van der Waals surface area contributed by atoms with Crippen molar-refractivity contribution in [1.29, 1.82) is 5.26 Å². The molecule has 0 heterocycles. The van der Waals surface area contributed by atoms with E-state index in [9.17, 15) is 4.79 Å². The molecule has 2 amide bonds. The van der Waals surface area contributed by atoms with Crippen molar-refractivity contribution in [2.24, 2.45) is 0 Å². The van der Waals surface area contributed by atoms with Crippen LogP contribution >= 0.6 is 15.9 Å². The van der Waals surface area contributed by atoms with Gasteiger partial charge in [-0.2, -0.15) is 5.26 Å². The molecule has 2 aromatic rings. The Balaban J connectivity index is 2.03. The molecule has 0 fully saturated rings. The van der Waals surface area contributed by atoms with Gasteiger partial charge in [-0.1, -0.05) is 28.1 Å². The van der Waals surface area contributed by atoms with E-state index in [1.54, 1.807) is 24.3 Å². The molecule has 0 bridgehead atoms. The lowest BCUT2D eigenvalue weighted by atomic mass is 9.95. The Morgan fingerprint density at radius 3 is 2.23 bits per heavy atom. The molecule has 2 N–H and O–H groups in total. The Morgan fingerprint density at radius 1 is 1.09 bits per heavy atom. The zero-order valence-electron chi connectivity index (χ0n) is 12.4. The van der Waals surface area contributed by atoms with Crippen molar-refractivity contribution < 1.29 is 4.79 Å². The number of urea groups is 1. The predicted octanol–water partition coefficient (Wildman–Crippen LogP) is 4.38. The van der Waals surface area contributed by atoms with Crippen LogP contribution in [0.15, 0.2) is 53.0 Å². The molecule has 2 aromatic carbocycles. The van der Waals surface area contributed by atoms with Crippen LogP contribution in [0, 0.1) is 11.3 Å². The Bertz CT molecular complexity index is 700. The number of hydrogen-bond donors (Lipinski definition) is 2. The molecule has 0 spiro atoms. The molecule has 0 aliphatic carbocycles. The van der Waals surface area contributed by atoms with Gasteiger partial charge in [0.1, 0.15) is 0 Å². The maximum atomic E-state index is 12.1. The van der Waals surface area contributed by atoms with Gasteiger partial charge in [-0.05, 0) is 55.8 Å². The van der Waals surface area contributed by atoms with Crippen molar-refractivity contribution in [3.8, 4) is 6.07 Å². The molecular weight excluding hydrogens is 342 g/mol. The highest BCUT2D eigenvalue weighted by Gasteiger charge is 2.22. The van der Waals surface area contributed by atoms with E-state index in [0.29, 0.717) is 11.3 Å². The molecule has 0 aromatic heterocycles. The molecule has 5 heteroatoms. The lowest BCUT2D eigenvalue weighted by Crippen LogP contribution is -2.43. The van der Waals surface area contributed by atoms with Crippen molar-refractivity contribution >= 4 is 27.6 Å². The first-order valence-electron chi connectivity index (χ1n) is 6.76. The summed E-state index contributed by atoms with van der Waals surface area (Å²) in [5, 5.41) is 14.5. The number of nitrogens with zero attached hydrogens (tertiary/aromatic N) is 1. The lowest BCUT2D eigenvalue weighted by Gasteiger charge is -2.27. The van der Waals surface area contributed by atoms with Crippen LogP contribution in [0.4, 0.5) is 10.5 Å². The molecule has 0 radical (unpaired) electrons. The van der Waals surface area contributed by atoms with Crippen LogP contribution in [0.1, 0.15) is 25.0 Å². The molecule has 0 saturated heterocycles. The maximum Gasteiger partial charge on any atom is 0.319 e. The third kappa shape index (κ3) is 4.09. The summed E-state index contributed by atoms with van der Waals surface area (Å²) < 4.78 is 0.995. The minimum absolute atomic E-state index is 0.294. The van der Waals surface area contributed by atoms with Crippen LogP contribution in [-0.4, -0.2) is 6.03 Å². The maximum absolute atomic E-state index is 12.1. The van der Waals surface area contributed by atoms with Gasteiger partial charge in [0, 0.05) is 10.2 Å². The number of halogens is 1. The second-order valence-corrected chi connectivity index (χ2v) is 6.32. The van der Waals surface area contributed by atoms with E-state index in [0.717, 1.165) is 10.0 Å². The highest BCUT2D eigenvalue weighted by Crippen LogP contribution is 2.22. The number of hydrogen-bond acceptors (Lipinski definition) is 2. The zero-order chi connectivity index (χ0) is 16.2. The first-order valence-corrected chi connectivity index (χ1v) is 7.55. The predicted molar refractivity (Wildman–Crippen MR) is 90.5 cm³/mol. The molecule has 4 nitrogen and oxygen atoms in total. The molecule has 0 atom stereocenters. The van der Waals surface area contributed by atoms with Crippen molar-refractivity contribution in [2.75, 3.05) is 5.32 Å². The highest BCUT2D eigenvalue weighted by atomic mass is 79.9. The van der Waals surface area contributed by atoms with Crippen LogP contribution in [0.5, 0.6) is 0 Å². The van der Waals surface area contributed by atoms with Gasteiger partial charge >= 0.3 is 6.03 Å². The van der Waals surface area contributed by atoms with Gasteiger partial charge < -0.3 is 10.6 Å². The minimum Gasteiger partial charge on any atom is -0.329 e. The van der Waals surface area contributed by atoms with Gasteiger partial charge in [0.05, 0.1) is 17.2 Å². The Hall–Kier alpha value is -2.32. The van der Waals surface area contributed by atoms with E-state index < -0.39 is 5.54 Å². The number of anilines is 1. The number of nitriles is 1. The van der Waals surface area contributed by atoms with Crippen molar-refractivity contribution in [3.05, 3.63) is 64.1 Å². The Morgan fingerprint density at radius 2 is 1.68 bits per heavy atom. The third-order valence-electron chi connectivity index (χ3n) is 3.26. The number of carbonyl (C=O) groups excluding carboxylic acids is 1. The fourth-order valence-corrected chi connectivity index (χ4v) is 2.28. The summed E-state index contributed by atoms with van der Waals surface area (Å²) in [6.45, 7) is 3.88. The minimum atomic E-state index is -0.503. The van der Waals surface area contributed by atoms with Gasteiger partial charge in [-0.25, -0.2) is 4.79 Å². The van der Waals surface area contributed by atoms with E-state index in [1.165, 1.54) is 0 Å². The monoisotopic (exact) mass is 357 g/mol. The SMILES string of the molecule is CC(C)(NC(=O)Nc1ccc(C#N)cc1)c1ccc(Br)cc1. The summed E-state index contributed by atoms with van der Waals surface area (Å²) in [5.41, 5.74) is 1.70. The van der Waals surface area contributed by atoms with E-state index >= 15 is 0 Å². The van der Waals surface area contributed by atoms with E-state index in [2.05, 4.69) is 26.6 Å². The second-order valence-electron chi connectivity index (χ2n) is 5.40. The topological polar surface area (TPSA) is 64.9 Å². The van der Waals surface area contributed by atoms with Gasteiger partial charge in [-0.3, -0.25) is 0 Å². The van der Waals surface area contributed by atoms with Gasteiger partial charge in [-0.15, -0.1) is 0 Å². The van der Waals surface area contributed by atoms with Crippen LogP contribution in [0.2, 0.25) is 0 Å². The average molecular weight is 358 g/mol. The molecule has 0 aliphatic rings. The number of nitrogens with one attached hydrogen (secondary N) is 2. The summed E-state index contributed by atoms with van der Waals surface area (Å²) in [5.74, 6) is 0. The molecule has 0 unspecified atom stereocenters. The number of amides is 2. The molecular formula is C17H16BrN3O. The first-order chi connectivity index (χ1) is 10.4. The van der Waals surface area contributed by atoms with Crippen molar-refractivity contribution in [1.82, 2.24) is 5.32 Å². The summed E-state index contributed by atoms with van der Waals surface area (Å²) in [6, 6.07) is 16.3. The largest absolute Gasteiger partial charge is 0.329 e. The summed E-state index contributed by atoms with van der Waals surface area (Å²) in [7, 11) is 0. The Labute approximate surface area is 138 Å². The Kier molecular flexibility index (Phi) is 4.84. The number of benzene rings is 2. The molecule has 2 rings (SSSR count). The summed E-state index contributed by atoms with van der Waals surface area (Å²) in [6.07, 6.45) is 0.